The zero-order chi connectivity index (χ0) is 23.9. The van der Waals surface area contributed by atoms with Crippen molar-refractivity contribution in [2.24, 2.45) is 0 Å². The number of carbonyl (C=O) groups is 2. The van der Waals surface area contributed by atoms with Crippen molar-refractivity contribution in [2.75, 3.05) is 15.5 Å². The highest BCUT2D eigenvalue weighted by molar-refractivity contribution is 6.04. The van der Waals surface area contributed by atoms with Crippen molar-refractivity contribution in [3.8, 4) is 0 Å². The maximum absolute atomic E-state index is 13.3. The summed E-state index contributed by atoms with van der Waals surface area (Å²) in [5.74, 6) is -2.46. The fraction of sp³-hybridized carbons (Fsp3) is 0.455. The van der Waals surface area contributed by atoms with Gasteiger partial charge in [-0.3, -0.25) is 19.4 Å². The number of aromatic amines is 1. The molecule has 3 unspecified atom stereocenters. The van der Waals surface area contributed by atoms with Crippen molar-refractivity contribution < 1.29 is 22.8 Å². The van der Waals surface area contributed by atoms with Crippen LogP contribution in [0.4, 0.5) is 30.6 Å². The predicted octanol–water partition coefficient (Wildman–Crippen LogP) is 3.62. The van der Waals surface area contributed by atoms with E-state index in [-0.39, 0.29) is 29.9 Å². The Bertz CT molecular complexity index is 1140. The molecule has 2 aliphatic heterocycles. The summed E-state index contributed by atoms with van der Waals surface area (Å²) in [5, 5.41) is 4.78. The van der Waals surface area contributed by atoms with Crippen LogP contribution in [0.15, 0.2) is 29.1 Å². The first-order valence-electron chi connectivity index (χ1n) is 10.8. The van der Waals surface area contributed by atoms with Crippen molar-refractivity contribution >= 4 is 29.3 Å². The van der Waals surface area contributed by atoms with E-state index in [1.165, 1.54) is 12.1 Å². The first kappa shape index (κ1) is 22.8. The van der Waals surface area contributed by atoms with Crippen LogP contribution < -0.4 is 21.1 Å². The Labute approximate surface area is 187 Å². The van der Waals surface area contributed by atoms with Gasteiger partial charge in [0, 0.05) is 18.5 Å². The molecule has 2 amide bonds. The number of amides is 2. The van der Waals surface area contributed by atoms with Crippen LogP contribution in [0, 0.1) is 0 Å². The van der Waals surface area contributed by atoms with E-state index in [1.807, 2.05) is 18.7 Å². The highest BCUT2D eigenvalue weighted by atomic mass is 19.4. The van der Waals surface area contributed by atoms with E-state index < -0.39 is 40.7 Å². The number of alkyl halides is 3. The van der Waals surface area contributed by atoms with E-state index in [1.54, 1.807) is 0 Å². The quantitative estimate of drug-likeness (QED) is 0.645. The van der Waals surface area contributed by atoms with Gasteiger partial charge in [0.25, 0.3) is 5.56 Å². The number of carbonyl (C=O) groups excluding carboxylic acids is 2. The Morgan fingerprint density at radius 2 is 1.82 bits per heavy atom. The standard InChI is InChI=1S/C22H24F3N5O3/c1-11-6-5-7-12(2)30(11)21-28-18-17(20(33)29-21)13(10-16(31)27-18)19(32)26-15-9-4-3-8-14(15)22(23,24)25/h3-4,8-9,11-13H,5-7,10H2,1-2H3,(H,26,32)(H2,27,28,29,31,33). The van der Waals surface area contributed by atoms with E-state index in [0.717, 1.165) is 31.4 Å². The summed E-state index contributed by atoms with van der Waals surface area (Å²) < 4.78 is 39.9. The van der Waals surface area contributed by atoms with Gasteiger partial charge in [-0.15, -0.1) is 0 Å². The molecule has 3 heterocycles. The molecule has 11 heteroatoms. The van der Waals surface area contributed by atoms with E-state index >= 15 is 0 Å². The summed E-state index contributed by atoms with van der Waals surface area (Å²) in [6.45, 7) is 4.03. The van der Waals surface area contributed by atoms with Gasteiger partial charge in [-0.1, -0.05) is 12.1 Å². The lowest BCUT2D eigenvalue weighted by molar-refractivity contribution is -0.137. The highest BCUT2D eigenvalue weighted by Crippen LogP contribution is 2.36. The molecule has 1 aromatic heterocycles. The first-order valence-corrected chi connectivity index (χ1v) is 10.8. The van der Waals surface area contributed by atoms with E-state index in [4.69, 9.17) is 0 Å². The lowest BCUT2D eigenvalue weighted by atomic mass is 9.92. The molecule has 8 nitrogen and oxygen atoms in total. The maximum atomic E-state index is 13.3. The average Bonchev–Trinajstić information content (AvgIpc) is 2.72. The third kappa shape index (κ3) is 4.44. The summed E-state index contributed by atoms with van der Waals surface area (Å²) in [5.41, 5.74) is -2.14. The minimum Gasteiger partial charge on any atom is -0.337 e. The van der Waals surface area contributed by atoms with Crippen LogP contribution in [0.2, 0.25) is 0 Å². The predicted molar refractivity (Wildman–Crippen MR) is 116 cm³/mol. The lowest BCUT2D eigenvalue weighted by Crippen LogP contribution is -2.46. The number of piperidine rings is 1. The van der Waals surface area contributed by atoms with Gasteiger partial charge in [-0.25, -0.2) is 0 Å². The van der Waals surface area contributed by atoms with Gasteiger partial charge >= 0.3 is 6.18 Å². The second-order valence-corrected chi connectivity index (χ2v) is 8.53. The van der Waals surface area contributed by atoms with Crippen LogP contribution >= 0.6 is 0 Å². The number of benzene rings is 1. The molecule has 1 saturated heterocycles. The van der Waals surface area contributed by atoms with Crippen LogP contribution in [0.1, 0.15) is 56.6 Å². The van der Waals surface area contributed by atoms with Gasteiger partial charge in [0.15, 0.2) is 0 Å². The van der Waals surface area contributed by atoms with Gasteiger partial charge in [0.05, 0.1) is 22.7 Å². The number of H-pyrrole nitrogens is 1. The number of nitrogens with one attached hydrogen (secondary N) is 3. The Hall–Kier alpha value is -3.37. The van der Waals surface area contributed by atoms with Crippen molar-refractivity contribution in [2.45, 2.75) is 63.7 Å². The molecule has 176 valence electrons. The fourth-order valence-electron chi connectivity index (χ4n) is 4.60. The van der Waals surface area contributed by atoms with Crippen LogP contribution in [0.5, 0.6) is 0 Å². The number of hydrogen-bond acceptors (Lipinski definition) is 5. The molecule has 0 spiro atoms. The molecule has 2 aliphatic rings. The molecule has 0 saturated carbocycles. The third-order valence-electron chi connectivity index (χ3n) is 6.18. The van der Waals surface area contributed by atoms with Crippen LogP contribution in [-0.4, -0.2) is 33.9 Å². The number of hydrogen-bond donors (Lipinski definition) is 3. The molecule has 0 bridgehead atoms. The second-order valence-electron chi connectivity index (χ2n) is 8.53. The normalized spacial score (nSPS) is 23.0. The number of para-hydroxylation sites is 1. The minimum absolute atomic E-state index is 0.0424. The zero-order valence-corrected chi connectivity index (χ0v) is 18.1. The Morgan fingerprint density at radius 3 is 2.48 bits per heavy atom. The van der Waals surface area contributed by atoms with E-state index in [2.05, 4.69) is 20.6 Å². The third-order valence-corrected chi connectivity index (χ3v) is 6.18. The molecule has 0 aliphatic carbocycles. The maximum Gasteiger partial charge on any atom is 0.418 e. The Balaban J connectivity index is 1.69. The number of rotatable bonds is 3. The summed E-state index contributed by atoms with van der Waals surface area (Å²) >= 11 is 0. The van der Waals surface area contributed by atoms with Crippen molar-refractivity contribution in [1.82, 2.24) is 9.97 Å². The van der Waals surface area contributed by atoms with Crippen LogP contribution in [0.3, 0.4) is 0 Å². The molecule has 0 radical (unpaired) electrons. The molecular formula is C22H24F3N5O3. The van der Waals surface area contributed by atoms with Gasteiger partial charge in [-0.05, 0) is 45.2 Å². The smallest absolute Gasteiger partial charge is 0.337 e. The topological polar surface area (TPSA) is 107 Å². The molecule has 4 rings (SSSR count). The summed E-state index contributed by atoms with van der Waals surface area (Å²) in [6.07, 6.45) is -2.18. The second kappa shape index (κ2) is 8.53. The van der Waals surface area contributed by atoms with Crippen LogP contribution in [-0.2, 0) is 15.8 Å². The molecule has 2 aromatic rings. The summed E-state index contributed by atoms with van der Waals surface area (Å²) in [6, 6.07) is 4.77. The minimum atomic E-state index is -4.68. The molecule has 1 fully saturated rings. The fourth-order valence-corrected chi connectivity index (χ4v) is 4.60. The average molecular weight is 463 g/mol. The number of aromatic nitrogens is 2. The molecule has 3 N–H and O–H groups in total. The monoisotopic (exact) mass is 463 g/mol. The number of nitrogens with zero attached hydrogens (tertiary/aromatic N) is 2. The van der Waals surface area contributed by atoms with Gasteiger partial charge in [0.2, 0.25) is 17.8 Å². The first-order chi connectivity index (χ1) is 15.6. The SMILES string of the molecule is CC1CCCC(C)N1c1nc2c(c(=O)[nH]1)C(C(=O)Nc1ccccc1C(F)(F)F)CC(=O)N2. The molecule has 3 atom stereocenters. The Kier molecular flexibility index (Phi) is 5.89. The van der Waals surface area contributed by atoms with E-state index in [9.17, 15) is 27.6 Å². The summed E-state index contributed by atoms with van der Waals surface area (Å²) in [4.78, 5) is 47.4. The number of fused-ring (bicyclic) bond motifs is 1. The van der Waals surface area contributed by atoms with Crippen LogP contribution in [0.25, 0.3) is 0 Å². The zero-order valence-electron chi connectivity index (χ0n) is 18.1. The lowest BCUT2D eigenvalue weighted by Gasteiger charge is -2.39. The van der Waals surface area contributed by atoms with Crippen molar-refractivity contribution in [3.05, 3.63) is 45.7 Å². The van der Waals surface area contributed by atoms with Crippen molar-refractivity contribution in [1.29, 1.82) is 0 Å². The number of anilines is 3. The molecule has 1 aromatic carbocycles. The Morgan fingerprint density at radius 1 is 1.15 bits per heavy atom. The van der Waals surface area contributed by atoms with Gasteiger partial charge in [-0.2, -0.15) is 18.2 Å². The molecular weight excluding hydrogens is 439 g/mol. The van der Waals surface area contributed by atoms with E-state index in [0.29, 0.717) is 5.95 Å². The van der Waals surface area contributed by atoms with Gasteiger partial charge < -0.3 is 15.5 Å². The largest absolute Gasteiger partial charge is 0.418 e. The summed E-state index contributed by atoms with van der Waals surface area (Å²) in [7, 11) is 0. The highest BCUT2D eigenvalue weighted by Gasteiger charge is 2.38. The molecule has 33 heavy (non-hydrogen) atoms. The van der Waals surface area contributed by atoms with Gasteiger partial charge in [0.1, 0.15) is 5.82 Å². The number of halogens is 3. The van der Waals surface area contributed by atoms with Crippen molar-refractivity contribution in [3.63, 3.8) is 0 Å².